The van der Waals surface area contributed by atoms with Gasteiger partial charge < -0.3 is 16.2 Å². The van der Waals surface area contributed by atoms with Gasteiger partial charge in [-0.2, -0.15) is 0 Å². The Morgan fingerprint density at radius 1 is 1.00 bits per heavy atom. The van der Waals surface area contributed by atoms with Gasteiger partial charge in [0, 0.05) is 16.9 Å². The number of hydrogen-bond acceptors (Lipinski definition) is 3. The third-order valence-corrected chi connectivity index (χ3v) is 2.87. The normalized spacial score (nSPS) is 10.2. The first kappa shape index (κ1) is 11.3. The molecule has 0 aliphatic heterocycles. The molecule has 0 amide bonds. The van der Waals surface area contributed by atoms with Gasteiger partial charge in [0.05, 0.1) is 7.11 Å². The van der Waals surface area contributed by atoms with Crippen molar-refractivity contribution in [2.24, 2.45) is 0 Å². The lowest BCUT2D eigenvalue weighted by Gasteiger charge is -2.12. The van der Waals surface area contributed by atoms with Crippen LogP contribution in [0.2, 0.25) is 0 Å². The first-order valence-corrected chi connectivity index (χ1v) is 5.42. The highest BCUT2D eigenvalue weighted by Gasteiger charge is 2.09. The number of nitrogen functional groups attached to an aromatic ring is 2. The number of rotatable bonds is 2. The van der Waals surface area contributed by atoms with Gasteiger partial charge in [0.2, 0.25) is 0 Å². The minimum Gasteiger partial charge on any atom is -0.496 e. The van der Waals surface area contributed by atoms with Crippen LogP contribution in [0.15, 0.2) is 36.4 Å². The van der Waals surface area contributed by atoms with E-state index in [0.29, 0.717) is 11.4 Å². The van der Waals surface area contributed by atoms with Crippen molar-refractivity contribution in [1.29, 1.82) is 0 Å². The highest BCUT2D eigenvalue weighted by Crippen LogP contribution is 2.33. The van der Waals surface area contributed by atoms with Crippen molar-refractivity contribution < 1.29 is 4.74 Å². The lowest BCUT2D eigenvalue weighted by atomic mass is 9.98. The van der Waals surface area contributed by atoms with Crippen LogP contribution in [0, 0.1) is 6.92 Å². The molecular formula is C14H16N2O. The molecule has 0 unspecified atom stereocenters. The summed E-state index contributed by atoms with van der Waals surface area (Å²) in [5.74, 6) is 0.860. The van der Waals surface area contributed by atoms with Crippen LogP contribution >= 0.6 is 0 Å². The van der Waals surface area contributed by atoms with E-state index < -0.39 is 0 Å². The van der Waals surface area contributed by atoms with Crippen molar-refractivity contribution in [3.63, 3.8) is 0 Å². The van der Waals surface area contributed by atoms with Crippen molar-refractivity contribution in [1.82, 2.24) is 0 Å². The summed E-state index contributed by atoms with van der Waals surface area (Å²) in [6.45, 7) is 2.02. The average molecular weight is 228 g/mol. The van der Waals surface area contributed by atoms with E-state index in [1.54, 1.807) is 13.2 Å². The Morgan fingerprint density at radius 3 is 2.41 bits per heavy atom. The van der Waals surface area contributed by atoms with E-state index in [9.17, 15) is 0 Å². The minimum absolute atomic E-state index is 0.673. The lowest BCUT2D eigenvalue weighted by Crippen LogP contribution is -1.95. The SMILES string of the molecule is COc1cccc(-c2ccc(N)cc2N)c1C. The van der Waals surface area contributed by atoms with E-state index in [1.165, 1.54) is 0 Å². The molecule has 0 heterocycles. The second kappa shape index (κ2) is 4.37. The molecule has 0 bridgehead atoms. The monoisotopic (exact) mass is 228 g/mol. The number of anilines is 2. The van der Waals surface area contributed by atoms with Gasteiger partial charge in [0.1, 0.15) is 5.75 Å². The summed E-state index contributed by atoms with van der Waals surface area (Å²) >= 11 is 0. The van der Waals surface area contributed by atoms with Gasteiger partial charge in [-0.3, -0.25) is 0 Å². The summed E-state index contributed by atoms with van der Waals surface area (Å²) in [5.41, 5.74) is 16.2. The summed E-state index contributed by atoms with van der Waals surface area (Å²) in [7, 11) is 1.67. The van der Waals surface area contributed by atoms with E-state index in [-0.39, 0.29) is 0 Å². The Hall–Kier alpha value is -2.16. The molecule has 0 atom stereocenters. The van der Waals surface area contributed by atoms with Crippen molar-refractivity contribution >= 4 is 11.4 Å². The van der Waals surface area contributed by atoms with Gasteiger partial charge in [-0.15, -0.1) is 0 Å². The zero-order valence-electron chi connectivity index (χ0n) is 10.0. The second-order valence-electron chi connectivity index (χ2n) is 3.98. The number of benzene rings is 2. The highest BCUT2D eigenvalue weighted by molar-refractivity contribution is 5.81. The fraction of sp³-hybridized carbons (Fsp3) is 0.143. The molecule has 0 radical (unpaired) electrons. The molecule has 2 aromatic carbocycles. The van der Waals surface area contributed by atoms with Crippen LogP contribution in [0.25, 0.3) is 11.1 Å². The van der Waals surface area contributed by atoms with Crippen LogP contribution in [0.3, 0.4) is 0 Å². The number of methoxy groups -OCH3 is 1. The van der Waals surface area contributed by atoms with E-state index >= 15 is 0 Å². The van der Waals surface area contributed by atoms with Gasteiger partial charge in [-0.05, 0) is 36.2 Å². The first-order chi connectivity index (χ1) is 8.13. The Labute approximate surface area is 101 Å². The summed E-state index contributed by atoms with van der Waals surface area (Å²) in [6, 6.07) is 11.5. The molecule has 0 saturated heterocycles. The van der Waals surface area contributed by atoms with Crippen molar-refractivity contribution in [2.75, 3.05) is 18.6 Å². The molecule has 4 N–H and O–H groups in total. The summed E-state index contributed by atoms with van der Waals surface area (Å²) in [4.78, 5) is 0. The van der Waals surface area contributed by atoms with Crippen LogP contribution in [0.5, 0.6) is 5.75 Å². The Balaban J connectivity index is 2.60. The maximum Gasteiger partial charge on any atom is 0.122 e. The van der Waals surface area contributed by atoms with Crippen molar-refractivity contribution in [2.45, 2.75) is 6.92 Å². The van der Waals surface area contributed by atoms with Gasteiger partial charge in [-0.25, -0.2) is 0 Å². The van der Waals surface area contributed by atoms with Crippen LogP contribution in [0.1, 0.15) is 5.56 Å². The van der Waals surface area contributed by atoms with Crippen LogP contribution in [-0.4, -0.2) is 7.11 Å². The first-order valence-electron chi connectivity index (χ1n) is 5.42. The molecule has 0 aliphatic rings. The quantitative estimate of drug-likeness (QED) is 0.777. The molecule has 0 fully saturated rings. The van der Waals surface area contributed by atoms with Crippen molar-refractivity contribution in [3.05, 3.63) is 42.0 Å². The number of hydrogen-bond donors (Lipinski definition) is 2. The van der Waals surface area contributed by atoms with E-state index in [0.717, 1.165) is 22.4 Å². The summed E-state index contributed by atoms with van der Waals surface area (Å²) < 4.78 is 5.31. The average Bonchev–Trinajstić information content (AvgIpc) is 2.30. The third kappa shape index (κ3) is 2.04. The minimum atomic E-state index is 0.673. The van der Waals surface area contributed by atoms with Crippen LogP contribution in [-0.2, 0) is 0 Å². The standard InChI is InChI=1S/C14H16N2O/c1-9-11(4-3-5-14(9)17-2)12-7-6-10(15)8-13(12)16/h3-8H,15-16H2,1-2H3. The van der Waals surface area contributed by atoms with E-state index in [1.807, 2.05) is 37.3 Å². The fourth-order valence-electron chi connectivity index (χ4n) is 1.95. The molecule has 17 heavy (non-hydrogen) atoms. The third-order valence-electron chi connectivity index (χ3n) is 2.87. The molecule has 0 saturated carbocycles. The van der Waals surface area contributed by atoms with Crippen molar-refractivity contribution in [3.8, 4) is 16.9 Å². The predicted octanol–water partition coefficient (Wildman–Crippen LogP) is 2.84. The molecule has 88 valence electrons. The van der Waals surface area contributed by atoms with Crippen LogP contribution < -0.4 is 16.2 Å². The Bertz CT molecular complexity index is 550. The highest BCUT2D eigenvalue weighted by atomic mass is 16.5. The smallest absolute Gasteiger partial charge is 0.122 e. The Morgan fingerprint density at radius 2 is 1.76 bits per heavy atom. The molecule has 0 aromatic heterocycles. The summed E-state index contributed by atoms with van der Waals surface area (Å²) in [6.07, 6.45) is 0. The molecule has 3 heteroatoms. The zero-order chi connectivity index (χ0) is 12.4. The second-order valence-corrected chi connectivity index (χ2v) is 3.98. The number of nitrogens with two attached hydrogens (primary N) is 2. The fourth-order valence-corrected chi connectivity index (χ4v) is 1.95. The van der Waals surface area contributed by atoms with E-state index in [2.05, 4.69) is 0 Å². The largest absolute Gasteiger partial charge is 0.496 e. The molecule has 3 nitrogen and oxygen atoms in total. The predicted molar refractivity (Wildman–Crippen MR) is 72.0 cm³/mol. The maximum atomic E-state index is 5.99. The van der Waals surface area contributed by atoms with Gasteiger partial charge in [0.15, 0.2) is 0 Å². The zero-order valence-corrected chi connectivity index (χ0v) is 10.0. The van der Waals surface area contributed by atoms with Gasteiger partial charge >= 0.3 is 0 Å². The number of ether oxygens (including phenoxy) is 1. The lowest BCUT2D eigenvalue weighted by molar-refractivity contribution is 0.412. The molecule has 2 rings (SSSR count). The topological polar surface area (TPSA) is 61.3 Å². The maximum absolute atomic E-state index is 5.99. The molecular weight excluding hydrogens is 212 g/mol. The molecule has 0 spiro atoms. The molecule has 2 aromatic rings. The molecule has 0 aliphatic carbocycles. The Kier molecular flexibility index (Phi) is 2.91. The van der Waals surface area contributed by atoms with Gasteiger partial charge in [-0.1, -0.05) is 18.2 Å². The summed E-state index contributed by atoms with van der Waals surface area (Å²) in [5, 5.41) is 0. The van der Waals surface area contributed by atoms with E-state index in [4.69, 9.17) is 16.2 Å². The van der Waals surface area contributed by atoms with Gasteiger partial charge in [0.25, 0.3) is 0 Å². The van der Waals surface area contributed by atoms with Crippen LogP contribution in [0.4, 0.5) is 11.4 Å².